The Morgan fingerprint density at radius 3 is 2.90 bits per heavy atom. The second kappa shape index (κ2) is 9.73. The number of methoxy groups -OCH3 is 2. The van der Waals surface area contributed by atoms with Gasteiger partial charge < -0.3 is 14.8 Å². The first kappa shape index (κ1) is 21.1. The minimum atomic E-state index is -0.288. The lowest BCUT2D eigenvalue weighted by atomic mass is 10.3. The van der Waals surface area contributed by atoms with E-state index in [2.05, 4.69) is 15.3 Å². The van der Waals surface area contributed by atoms with Crippen molar-refractivity contribution >= 4 is 46.0 Å². The van der Waals surface area contributed by atoms with Crippen molar-refractivity contribution in [2.75, 3.05) is 31.9 Å². The summed E-state index contributed by atoms with van der Waals surface area (Å²) in [7, 11) is 3.06. The average molecular weight is 435 g/mol. The highest BCUT2D eigenvalue weighted by Gasteiger charge is 2.15. The van der Waals surface area contributed by atoms with E-state index >= 15 is 0 Å². The molecule has 0 aliphatic heterocycles. The fourth-order valence-corrected chi connectivity index (χ4v) is 3.61. The number of amides is 1. The Morgan fingerprint density at radius 2 is 2.14 bits per heavy atom. The number of rotatable bonds is 8. The van der Waals surface area contributed by atoms with Crippen LogP contribution in [0.5, 0.6) is 5.75 Å². The highest BCUT2D eigenvalue weighted by Crippen LogP contribution is 2.28. The smallest absolute Gasteiger partial charge is 0.263 e. The van der Waals surface area contributed by atoms with Crippen LogP contribution in [0.25, 0.3) is 11.0 Å². The van der Waals surface area contributed by atoms with Gasteiger partial charge >= 0.3 is 0 Å². The Labute approximate surface area is 176 Å². The molecule has 2 aromatic heterocycles. The summed E-state index contributed by atoms with van der Waals surface area (Å²) >= 11 is 7.14. The number of ether oxygens (including phenoxy) is 2. The first-order chi connectivity index (χ1) is 14.0. The quantitative estimate of drug-likeness (QED) is 0.430. The van der Waals surface area contributed by atoms with Gasteiger partial charge in [-0.25, -0.2) is 9.97 Å². The predicted octanol–water partition coefficient (Wildman–Crippen LogP) is 2.83. The number of halogens is 1. The lowest BCUT2D eigenvalue weighted by molar-refractivity contribution is -0.113. The summed E-state index contributed by atoms with van der Waals surface area (Å²) in [6, 6.07) is 8.31. The molecule has 2 heterocycles. The second-order valence-electron chi connectivity index (χ2n) is 5.90. The molecule has 10 heteroatoms. The summed E-state index contributed by atoms with van der Waals surface area (Å²) in [6.45, 7) is 0.659. The molecule has 1 N–H and O–H groups in total. The van der Waals surface area contributed by atoms with Crippen molar-refractivity contribution in [2.24, 2.45) is 0 Å². The SMILES string of the molecule is COCCn1c(SCC(=O)Nc2cc(Cl)ccc2OC)nc2ncccc2c1=O. The number of pyridine rings is 1. The number of benzene rings is 1. The molecule has 1 amide bonds. The predicted molar refractivity (Wildman–Crippen MR) is 113 cm³/mol. The molecular weight excluding hydrogens is 416 g/mol. The van der Waals surface area contributed by atoms with Crippen LogP contribution in [0.1, 0.15) is 0 Å². The van der Waals surface area contributed by atoms with Crippen LogP contribution in [0.2, 0.25) is 5.02 Å². The van der Waals surface area contributed by atoms with E-state index < -0.39 is 0 Å². The zero-order valence-corrected chi connectivity index (χ0v) is 17.4. The molecule has 0 unspecified atom stereocenters. The molecule has 3 rings (SSSR count). The second-order valence-corrected chi connectivity index (χ2v) is 7.28. The summed E-state index contributed by atoms with van der Waals surface area (Å²) in [5.74, 6) is 0.245. The number of hydrogen-bond donors (Lipinski definition) is 1. The molecule has 0 spiro atoms. The lowest BCUT2D eigenvalue weighted by Gasteiger charge is -2.13. The maximum absolute atomic E-state index is 12.8. The number of hydrogen-bond acceptors (Lipinski definition) is 7. The van der Waals surface area contributed by atoms with Crippen LogP contribution in [-0.2, 0) is 16.1 Å². The highest BCUT2D eigenvalue weighted by molar-refractivity contribution is 7.99. The fraction of sp³-hybridized carbons (Fsp3) is 0.263. The van der Waals surface area contributed by atoms with Crippen molar-refractivity contribution in [3.63, 3.8) is 0 Å². The number of anilines is 1. The van der Waals surface area contributed by atoms with Crippen LogP contribution in [0.4, 0.5) is 5.69 Å². The molecule has 0 saturated heterocycles. The Hall–Kier alpha value is -2.62. The van der Waals surface area contributed by atoms with Gasteiger partial charge in [-0.1, -0.05) is 23.4 Å². The summed E-state index contributed by atoms with van der Waals surface area (Å²) in [5.41, 5.74) is 0.584. The van der Waals surface area contributed by atoms with Crippen molar-refractivity contribution in [2.45, 2.75) is 11.7 Å². The first-order valence-corrected chi connectivity index (χ1v) is 10.0. The van der Waals surface area contributed by atoms with Crippen molar-refractivity contribution < 1.29 is 14.3 Å². The van der Waals surface area contributed by atoms with E-state index in [0.717, 1.165) is 11.8 Å². The van der Waals surface area contributed by atoms with Crippen LogP contribution in [0, 0.1) is 0 Å². The number of carbonyl (C=O) groups is 1. The number of carbonyl (C=O) groups excluding carboxylic acids is 1. The third-order valence-corrected chi connectivity index (χ3v) is 5.19. The van der Waals surface area contributed by atoms with E-state index in [1.165, 1.54) is 11.7 Å². The average Bonchev–Trinajstić information content (AvgIpc) is 2.72. The Kier molecular flexibility index (Phi) is 7.08. The van der Waals surface area contributed by atoms with Gasteiger partial charge in [0.25, 0.3) is 5.56 Å². The van der Waals surface area contributed by atoms with Crippen molar-refractivity contribution in [3.05, 3.63) is 51.9 Å². The van der Waals surface area contributed by atoms with Gasteiger partial charge in [0.2, 0.25) is 5.91 Å². The number of aromatic nitrogens is 3. The summed E-state index contributed by atoms with van der Waals surface area (Å²) in [4.78, 5) is 33.8. The van der Waals surface area contributed by atoms with Crippen molar-refractivity contribution in [3.8, 4) is 5.75 Å². The maximum Gasteiger partial charge on any atom is 0.263 e. The monoisotopic (exact) mass is 434 g/mol. The van der Waals surface area contributed by atoms with Crippen LogP contribution in [0.15, 0.2) is 46.5 Å². The lowest BCUT2D eigenvalue weighted by Crippen LogP contribution is -2.26. The van der Waals surface area contributed by atoms with Gasteiger partial charge in [-0.05, 0) is 30.3 Å². The van der Waals surface area contributed by atoms with Crippen molar-refractivity contribution in [1.82, 2.24) is 14.5 Å². The van der Waals surface area contributed by atoms with Gasteiger partial charge in [0, 0.05) is 18.3 Å². The molecule has 0 saturated carbocycles. The van der Waals surface area contributed by atoms with Gasteiger partial charge in [0.05, 0.1) is 37.1 Å². The van der Waals surface area contributed by atoms with E-state index in [0.29, 0.717) is 45.8 Å². The third kappa shape index (κ3) is 5.06. The van der Waals surface area contributed by atoms with Crippen LogP contribution in [0.3, 0.4) is 0 Å². The van der Waals surface area contributed by atoms with Gasteiger partial charge in [0.15, 0.2) is 10.8 Å². The summed E-state index contributed by atoms with van der Waals surface area (Å²) in [5, 5.41) is 4.05. The third-order valence-electron chi connectivity index (χ3n) is 3.98. The largest absolute Gasteiger partial charge is 0.495 e. The number of fused-ring (bicyclic) bond motifs is 1. The number of thioether (sulfide) groups is 1. The number of nitrogens with zero attached hydrogens (tertiary/aromatic N) is 3. The molecule has 29 heavy (non-hydrogen) atoms. The van der Waals surface area contributed by atoms with E-state index in [-0.39, 0.29) is 17.2 Å². The summed E-state index contributed by atoms with van der Waals surface area (Å²) < 4.78 is 11.8. The molecule has 0 aliphatic carbocycles. The van der Waals surface area contributed by atoms with Gasteiger partial charge in [-0.15, -0.1) is 0 Å². The van der Waals surface area contributed by atoms with Crippen LogP contribution < -0.4 is 15.6 Å². The molecule has 0 atom stereocenters. The minimum absolute atomic E-state index is 0.0351. The Morgan fingerprint density at radius 1 is 1.31 bits per heavy atom. The van der Waals surface area contributed by atoms with Gasteiger partial charge in [-0.2, -0.15) is 0 Å². The minimum Gasteiger partial charge on any atom is -0.495 e. The normalized spacial score (nSPS) is 10.9. The zero-order valence-electron chi connectivity index (χ0n) is 15.8. The van der Waals surface area contributed by atoms with E-state index in [4.69, 9.17) is 21.1 Å². The fourth-order valence-electron chi connectivity index (χ4n) is 2.62. The molecule has 0 fully saturated rings. The maximum atomic E-state index is 12.8. The topological polar surface area (TPSA) is 95.3 Å². The molecule has 3 aromatic rings. The standard InChI is InChI=1S/C19H19ClN4O4S/c1-27-9-8-24-18(26)13-4-3-7-21-17(13)23-19(24)29-11-16(25)22-14-10-12(20)5-6-15(14)28-2/h3-7,10H,8-9,11H2,1-2H3,(H,22,25). The van der Waals surface area contributed by atoms with E-state index in [1.54, 1.807) is 43.6 Å². The van der Waals surface area contributed by atoms with E-state index in [1.807, 2.05) is 0 Å². The molecule has 0 bridgehead atoms. The van der Waals surface area contributed by atoms with Crippen molar-refractivity contribution in [1.29, 1.82) is 0 Å². The molecule has 1 aromatic carbocycles. The molecule has 8 nitrogen and oxygen atoms in total. The summed E-state index contributed by atoms with van der Waals surface area (Å²) in [6.07, 6.45) is 1.57. The molecule has 152 valence electrons. The van der Waals surface area contributed by atoms with Crippen LogP contribution >= 0.6 is 23.4 Å². The first-order valence-electron chi connectivity index (χ1n) is 8.64. The molecule has 0 aliphatic rings. The van der Waals surface area contributed by atoms with Crippen LogP contribution in [-0.4, -0.2) is 47.0 Å². The number of nitrogens with one attached hydrogen (secondary N) is 1. The molecular formula is C19H19ClN4O4S. The molecule has 0 radical (unpaired) electrons. The Bertz CT molecular complexity index is 1090. The van der Waals surface area contributed by atoms with Gasteiger partial charge in [-0.3, -0.25) is 14.2 Å². The highest BCUT2D eigenvalue weighted by atomic mass is 35.5. The van der Waals surface area contributed by atoms with Gasteiger partial charge in [0.1, 0.15) is 5.75 Å². The van der Waals surface area contributed by atoms with E-state index in [9.17, 15) is 9.59 Å². The zero-order chi connectivity index (χ0) is 20.8. The Balaban J connectivity index is 1.81.